The van der Waals surface area contributed by atoms with Gasteiger partial charge in [-0.1, -0.05) is 0 Å². The predicted molar refractivity (Wildman–Crippen MR) is 46.6 cm³/mol. The van der Waals surface area contributed by atoms with E-state index in [-0.39, 0.29) is 73.8 Å². The zero-order valence-electron chi connectivity index (χ0n) is 10.1. The van der Waals surface area contributed by atoms with E-state index in [0.717, 1.165) is 42.7 Å². The molecule has 0 bridgehead atoms. The first-order valence-corrected chi connectivity index (χ1v) is 2.64. The number of aliphatic hydroxyl groups is 5. The van der Waals surface area contributed by atoms with E-state index in [9.17, 15) is 0 Å². The third kappa shape index (κ3) is 534. The first kappa shape index (κ1) is 55.8. The average molecular weight is 323 g/mol. The molecule has 6 nitrogen and oxygen atoms in total. The van der Waals surface area contributed by atoms with E-state index < -0.39 is 0 Å². The Balaban J connectivity index is -0.00000000500. The second-order valence-electron chi connectivity index (χ2n) is 0. The van der Waals surface area contributed by atoms with Crippen molar-refractivity contribution in [1.29, 1.82) is 0 Å². The van der Waals surface area contributed by atoms with Gasteiger partial charge in [0.25, 0.3) is 0 Å². The van der Waals surface area contributed by atoms with Crippen molar-refractivity contribution in [3.8, 4) is 0 Å². The molecule has 0 saturated carbocycles. The van der Waals surface area contributed by atoms with Crippen molar-refractivity contribution in [2.75, 3.05) is 42.7 Å². The Labute approximate surface area is 145 Å². The predicted octanol–water partition coefficient (Wildman–Crippen LogP) is -5.98. The van der Waals surface area contributed by atoms with Crippen molar-refractivity contribution in [2.24, 2.45) is 0 Å². The van der Waals surface area contributed by atoms with Crippen LogP contribution in [0.1, 0.15) is 0 Å². The van der Waals surface area contributed by atoms with Gasteiger partial charge < -0.3 is 30.6 Å². The monoisotopic (exact) mass is 323 g/mol. The Morgan fingerprint density at radius 1 is 0.500 bits per heavy atom. The Morgan fingerprint density at radius 3 is 0.500 bits per heavy atom. The second kappa shape index (κ2) is 663. The van der Waals surface area contributed by atoms with Crippen LogP contribution >= 0.6 is 0 Å². The summed E-state index contributed by atoms with van der Waals surface area (Å²) >= 11 is 0. The summed E-state index contributed by atoms with van der Waals surface area (Å²) < 4.78 is 0. The number of aliphatic hydroxyl groups excluding tert-OH is 5. The molecule has 1 radical (unpaired) electrons. The molecule has 0 amide bonds. The Hall–Kier alpha value is 2.14. The minimum Gasteiger partial charge on any atom is -0.857 e. The maximum absolute atomic E-state index is 8.25. The minimum atomic E-state index is 0. The summed E-state index contributed by atoms with van der Waals surface area (Å²) in [7, 11) is 5.75. The molecule has 0 heterocycles. The van der Waals surface area contributed by atoms with Gasteiger partial charge in [0.05, 0.1) is 0 Å². The molecule has 0 aliphatic heterocycles. The average Bonchev–Trinajstić information content (AvgIpc) is 2.33. The molecule has 14 heavy (non-hydrogen) atoms. The summed E-state index contributed by atoms with van der Waals surface area (Å²) in [6.07, 6.45) is 0. The molecular formula is C6H23KNbO6. The molecule has 0 spiro atoms. The molecule has 0 unspecified atom stereocenters. The van der Waals surface area contributed by atoms with Gasteiger partial charge in [0.2, 0.25) is 0 Å². The molecule has 0 fully saturated rings. The van der Waals surface area contributed by atoms with Gasteiger partial charge >= 0.3 is 51.4 Å². The summed E-state index contributed by atoms with van der Waals surface area (Å²) in [5.41, 5.74) is 0. The van der Waals surface area contributed by atoms with Gasteiger partial charge in [0.1, 0.15) is 0 Å². The van der Waals surface area contributed by atoms with Crippen LogP contribution in [0, 0.1) is 0 Å². The van der Waals surface area contributed by atoms with Crippen molar-refractivity contribution in [3.05, 3.63) is 0 Å². The van der Waals surface area contributed by atoms with Gasteiger partial charge in [-0.2, -0.15) is 7.11 Å². The fraction of sp³-hybridized carbons (Fsp3) is 1.00. The Bertz CT molecular complexity index is 22.3. The van der Waals surface area contributed by atoms with Crippen molar-refractivity contribution < 1.29 is 104 Å². The van der Waals surface area contributed by atoms with Crippen molar-refractivity contribution in [2.45, 2.75) is 0 Å². The number of rotatable bonds is 0. The van der Waals surface area contributed by atoms with Gasteiger partial charge in [-0.3, -0.25) is 0 Å². The van der Waals surface area contributed by atoms with Crippen LogP contribution in [0.3, 0.4) is 0 Å². The normalized spacial score (nSPS) is 2.57. The third-order valence-corrected chi connectivity index (χ3v) is 0. The molecular weight excluding hydrogens is 300 g/mol. The first-order valence-electron chi connectivity index (χ1n) is 2.64. The van der Waals surface area contributed by atoms with E-state index in [0.29, 0.717) is 0 Å². The van der Waals surface area contributed by atoms with Crippen LogP contribution in [0.15, 0.2) is 0 Å². The molecule has 0 aliphatic carbocycles. The van der Waals surface area contributed by atoms with E-state index >= 15 is 0 Å². The number of hydrogen-bond acceptors (Lipinski definition) is 6. The Kier molecular flexibility index (Phi) is 2640. The van der Waals surface area contributed by atoms with Crippen LogP contribution in [0.2, 0.25) is 0 Å². The Morgan fingerprint density at radius 2 is 0.500 bits per heavy atom. The zero-order valence-corrected chi connectivity index (χ0v) is 15.4. The van der Waals surface area contributed by atoms with Crippen molar-refractivity contribution in [1.82, 2.24) is 0 Å². The van der Waals surface area contributed by atoms with Gasteiger partial charge in [0, 0.05) is 57.9 Å². The minimum absolute atomic E-state index is 0. The van der Waals surface area contributed by atoms with Crippen LogP contribution in [0.25, 0.3) is 0 Å². The SMILES string of the molecule is CO.CO.CO.CO.CO.C[O-].[K+].[Nb]. The largest absolute Gasteiger partial charge is 1.00 e. The summed E-state index contributed by atoms with van der Waals surface area (Å²) in [4.78, 5) is 0. The van der Waals surface area contributed by atoms with E-state index in [4.69, 9.17) is 30.6 Å². The smallest absolute Gasteiger partial charge is 0.857 e. The molecule has 0 aliphatic rings. The van der Waals surface area contributed by atoms with Gasteiger partial charge in [-0.15, -0.1) is 0 Å². The molecule has 89 valence electrons. The van der Waals surface area contributed by atoms with Gasteiger partial charge in [0.15, 0.2) is 0 Å². The molecule has 5 N–H and O–H groups in total. The molecule has 0 atom stereocenters. The standard InChI is InChI=1S/5CH4O.CH3O.K.Nb/c6*1-2;;/h5*2H,1H3;1H3;;/q;;;;;-1;+1;. The second-order valence-corrected chi connectivity index (χ2v) is 0. The molecule has 8 heteroatoms. The quantitative estimate of drug-likeness (QED) is 0.283. The maximum Gasteiger partial charge on any atom is 1.00 e. The molecule has 0 aromatic heterocycles. The molecule has 0 rings (SSSR count). The van der Waals surface area contributed by atoms with Crippen LogP contribution < -0.4 is 56.5 Å². The van der Waals surface area contributed by atoms with E-state index in [2.05, 4.69) is 0 Å². The zero-order chi connectivity index (χ0) is 12.0. The summed E-state index contributed by atoms with van der Waals surface area (Å²) in [5.74, 6) is 0. The molecule has 0 saturated heterocycles. The van der Waals surface area contributed by atoms with Crippen LogP contribution in [-0.2, 0) is 22.4 Å². The van der Waals surface area contributed by atoms with E-state index in [1.54, 1.807) is 0 Å². The van der Waals surface area contributed by atoms with E-state index in [1.807, 2.05) is 0 Å². The third-order valence-electron chi connectivity index (χ3n) is 0. The fourth-order valence-corrected chi connectivity index (χ4v) is 0. The molecule has 0 aromatic carbocycles. The van der Waals surface area contributed by atoms with Crippen LogP contribution in [-0.4, -0.2) is 68.2 Å². The molecule has 0 aromatic rings. The van der Waals surface area contributed by atoms with Crippen LogP contribution in [0.4, 0.5) is 0 Å². The van der Waals surface area contributed by atoms with Crippen molar-refractivity contribution in [3.63, 3.8) is 0 Å². The summed E-state index contributed by atoms with van der Waals surface area (Å²) in [6.45, 7) is 0. The topological polar surface area (TPSA) is 124 Å². The van der Waals surface area contributed by atoms with Crippen molar-refractivity contribution >= 4 is 0 Å². The number of hydrogen-bond donors (Lipinski definition) is 5. The van der Waals surface area contributed by atoms with Crippen LogP contribution in [0.5, 0.6) is 0 Å². The van der Waals surface area contributed by atoms with E-state index in [1.165, 1.54) is 0 Å². The summed E-state index contributed by atoms with van der Waals surface area (Å²) in [5, 5.41) is 43.2. The first-order chi connectivity index (χ1) is 6.00. The maximum atomic E-state index is 8.25. The van der Waals surface area contributed by atoms with Gasteiger partial charge in [-0.05, 0) is 0 Å². The van der Waals surface area contributed by atoms with Gasteiger partial charge in [-0.25, -0.2) is 0 Å². The summed E-state index contributed by atoms with van der Waals surface area (Å²) in [6, 6.07) is 0. The fourth-order valence-electron chi connectivity index (χ4n) is 0.